The molecule has 5 aliphatic rings. The van der Waals surface area contributed by atoms with Gasteiger partial charge in [-0.3, -0.25) is 9.59 Å². The fraction of sp³-hybridized carbons (Fsp3) is 0.615. The molecule has 4 heterocycles. The summed E-state index contributed by atoms with van der Waals surface area (Å²) in [5, 5.41) is 0. The fourth-order valence-corrected chi connectivity index (χ4v) is 6.06. The Kier molecular flexibility index (Phi) is 5.12. The topological polar surface area (TPSA) is 102 Å². The first kappa shape index (κ1) is 23.8. The van der Waals surface area contributed by atoms with Gasteiger partial charge in [-0.25, -0.2) is 19.4 Å². The lowest BCUT2D eigenvalue weighted by atomic mass is 9.71. The molecule has 35 heavy (non-hydrogen) atoms. The van der Waals surface area contributed by atoms with Crippen molar-refractivity contribution in [2.75, 3.05) is 11.5 Å². The fourth-order valence-electron chi connectivity index (χ4n) is 6.06. The van der Waals surface area contributed by atoms with Crippen molar-refractivity contribution in [3.05, 3.63) is 29.8 Å². The number of nitrogens with zero attached hydrogens (tertiary/aromatic N) is 2. The van der Waals surface area contributed by atoms with Gasteiger partial charge in [0, 0.05) is 11.8 Å². The quantitative estimate of drug-likeness (QED) is 0.552. The first-order valence-electron chi connectivity index (χ1n) is 12.1. The molecule has 9 heteroatoms. The van der Waals surface area contributed by atoms with Crippen LogP contribution >= 0.6 is 0 Å². The van der Waals surface area contributed by atoms with Gasteiger partial charge in [-0.15, -0.1) is 0 Å². The van der Waals surface area contributed by atoms with Gasteiger partial charge in [0.25, 0.3) is 0 Å². The summed E-state index contributed by atoms with van der Waals surface area (Å²) in [7, 11) is 0. The number of carbonyl (C=O) groups excluding carboxylic acids is 4. The minimum Gasteiger partial charge on any atom is -0.443 e. The van der Waals surface area contributed by atoms with E-state index in [4.69, 9.17) is 14.2 Å². The maximum absolute atomic E-state index is 14.2. The minimum absolute atomic E-state index is 0.166. The van der Waals surface area contributed by atoms with Gasteiger partial charge in [0.05, 0.1) is 24.4 Å². The van der Waals surface area contributed by atoms with E-state index in [1.54, 1.807) is 53.7 Å². The van der Waals surface area contributed by atoms with Crippen LogP contribution in [0.4, 0.5) is 15.3 Å². The molecule has 4 bridgehead atoms. The van der Waals surface area contributed by atoms with Crippen molar-refractivity contribution >= 4 is 29.7 Å². The van der Waals surface area contributed by atoms with Gasteiger partial charge in [0.15, 0.2) is 0 Å². The molecule has 9 nitrogen and oxygen atoms in total. The van der Waals surface area contributed by atoms with Gasteiger partial charge in [-0.05, 0) is 66.0 Å². The standard InChI is InChI=1S/C26H32N2O7/c1-24(2,3)34-22(31)27-18-12-26(19-11-14(20(27)29)15(18)13-33-19)16-9-7-8-10-17(16)28(21(26)30)23(32)35-25(4,5)6/h7-10,14-15,18-19H,11-13H2,1-6H3/t14-,15+,18+,19-,26+/m1/s1. The molecule has 4 aliphatic heterocycles. The number of benzene rings is 1. The molecule has 6 rings (SSSR count). The van der Waals surface area contributed by atoms with Crippen LogP contribution in [0.15, 0.2) is 24.3 Å². The molecule has 5 atom stereocenters. The summed E-state index contributed by atoms with van der Waals surface area (Å²) >= 11 is 0. The van der Waals surface area contributed by atoms with Gasteiger partial charge in [0.1, 0.15) is 16.6 Å². The van der Waals surface area contributed by atoms with E-state index in [9.17, 15) is 19.2 Å². The number of ether oxygens (including phenoxy) is 3. The van der Waals surface area contributed by atoms with Crippen LogP contribution in [0, 0.1) is 11.8 Å². The molecular weight excluding hydrogens is 452 g/mol. The number of likely N-dealkylation sites (tertiary alicyclic amines) is 1. The van der Waals surface area contributed by atoms with Crippen molar-refractivity contribution in [2.45, 2.75) is 83.1 Å². The summed E-state index contributed by atoms with van der Waals surface area (Å²) in [5.74, 6) is -1.40. The third-order valence-corrected chi connectivity index (χ3v) is 7.31. The highest BCUT2D eigenvalue weighted by Crippen LogP contribution is 2.57. The van der Waals surface area contributed by atoms with E-state index in [2.05, 4.69) is 0 Å². The molecule has 4 amide bonds. The normalized spacial score (nSPS) is 31.6. The van der Waals surface area contributed by atoms with Crippen LogP contribution in [0.1, 0.15) is 59.9 Å². The second-order valence-electron chi connectivity index (χ2n) is 11.9. The second-order valence-corrected chi connectivity index (χ2v) is 11.9. The summed E-state index contributed by atoms with van der Waals surface area (Å²) in [6.07, 6.45) is -1.60. The van der Waals surface area contributed by atoms with Gasteiger partial charge >= 0.3 is 12.2 Å². The van der Waals surface area contributed by atoms with Crippen LogP contribution in [0.3, 0.4) is 0 Å². The lowest BCUT2D eigenvalue weighted by Crippen LogP contribution is -2.55. The highest BCUT2D eigenvalue weighted by molar-refractivity contribution is 6.21. The van der Waals surface area contributed by atoms with Crippen molar-refractivity contribution in [3.8, 4) is 0 Å². The van der Waals surface area contributed by atoms with Crippen molar-refractivity contribution < 1.29 is 33.4 Å². The molecule has 188 valence electrons. The summed E-state index contributed by atoms with van der Waals surface area (Å²) in [5.41, 5.74) is -1.68. The van der Waals surface area contributed by atoms with E-state index >= 15 is 0 Å². The lowest BCUT2D eigenvalue weighted by Gasteiger charge is -2.39. The van der Waals surface area contributed by atoms with E-state index in [1.807, 2.05) is 12.1 Å². The molecule has 0 radical (unpaired) electrons. The van der Waals surface area contributed by atoms with Crippen LogP contribution < -0.4 is 4.90 Å². The number of hydrogen-bond donors (Lipinski definition) is 0. The molecule has 0 aromatic heterocycles. The third kappa shape index (κ3) is 3.54. The highest BCUT2D eigenvalue weighted by atomic mass is 16.6. The first-order chi connectivity index (χ1) is 16.2. The lowest BCUT2D eigenvalue weighted by molar-refractivity contribution is -0.143. The average Bonchev–Trinajstić information content (AvgIpc) is 3.00. The van der Waals surface area contributed by atoms with E-state index in [-0.39, 0.29) is 24.9 Å². The average molecular weight is 485 g/mol. The number of hydrogen-bond acceptors (Lipinski definition) is 7. The second kappa shape index (κ2) is 7.53. The maximum atomic E-state index is 14.2. The summed E-state index contributed by atoms with van der Waals surface area (Å²) < 4.78 is 17.4. The molecule has 1 aromatic rings. The number of carbonyl (C=O) groups is 4. The predicted octanol–water partition coefficient (Wildman–Crippen LogP) is 3.78. The van der Waals surface area contributed by atoms with Gasteiger partial charge < -0.3 is 14.2 Å². The van der Waals surface area contributed by atoms with Crippen LogP contribution in [-0.4, -0.2) is 58.9 Å². The molecule has 0 unspecified atom stereocenters. The van der Waals surface area contributed by atoms with Crippen molar-refractivity contribution in [1.29, 1.82) is 0 Å². The molecule has 1 spiro atoms. The van der Waals surface area contributed by atoms with Crippen molar-refractivity contribution in [3.63, 3.8) is 0 Å². The monoisotopic (exact) mass is 484 g/mol. The highest BCUT2D eigenvalue weighted by Gasteiger charge is 2.68. The van der Waals surface area contributed by atoms with E-state index in [0.29, 0.717) is 17.7 Å². The number of amides is 4. The SMILES string of the molecule is CC(C)(C)OC(=O)N1C(=O)[C@@]2(C[C@H]3[C@H]4CO[C@@H]2C[C@H]4C(=O)N3C(=O)OC(C)(C)C)c2ccccc21. The largest absolute Gasteiger partial charge is 0.443 e. The van der Waals surface area contributed by atoms with Gasteiger partial charge in [0.2, 0.25) is 11.8 Å². The number of rotatable bonds is 0. The minimum atomic E-state index is -1.22. The van der Waals surface area contributed by atoms with Crippen LogP contribution in [0.2, 0.25) is 0 Å². The number of imide groups is 2. The smallest absolute Gasteiger partial charge is 0.421 e. The zero-order chi connectivity index (χ0) is 25.5. The molecule has 1 aromatic carbocycles. The Hall–Kier alpha value is -2.94. The van der Waals surface area contributed by atoms with Crippen molar-refractivity contribution in [1.82, 2.24) is 4.90 Å². The molecule has 3 saturated heterocycles. The molecule has 4 fully saturated rings. The third-order valence-electron chi connectivity index (χ3n) is 7.31. The van der Waals surface area contributed by atoms with Gasteiger partial charge in [-0.1, -0.05) is 18.2 Å². The van der Waals surface area contributed by atoms with Crippen LogP contribution in [-0.2, 0) is 29.2 Å². The zero-order valence-electron chi connectivity index (χ0n) is 21.0. The Labute approximate surface area is 204 Å². The Bertz CT molecular complexity index is 1120. The maximum Gasteiger partial charge on any atom is 0.421 e. The van der Waals surface area contributed by atoms with Crippen LogP contribution in [0.5, 0.6) is 0 Å². The number of anilines is 1. The summed E-state index contributed by atoms with van der Waals surface area (Å²) in [6.45, 7) is 10.7. The summed E-state index contributed by atoms with van der Waals surface area (Å²) in [4.78, 5) is 56.1. The molecular formula is C26H32N2O7. The molecule has 1 aliphatic carbocycles. The zero-order valence-corrected chi connectivity index (χ0v) is 21.0. The summed E-state index contributed by atoms with van der Waals surface area (Å²) in [6, 6.07) is 6.55. The number of fused-ring (bicyclic) bond motifs is 2. The Morgan fingerprint density at radius 2 is 1.63 bits per heavy atom. The van der Waals surface area contributed by atoms with Crippen LogP contribution in [0.25, 0.3) is 0 Å². The van der Waals surface area contributed by atoms with E-state index < -0.39 is 52.8 Å². The Morgan fingerprint density at radius 3 is 2.29 bits per heavy atom. The van der Waals surface area contributed by atoms with Crippen molar-refractivity contribution in [2.24, 2.45) is 11.8 Å². The Morgan fingerprint density at radius 1 is 1.00 bits per heavy atom. The first-order valence-corrected chi connectivity index (χ1v) is 12.1. The predicted molar refractivity (Wildman–Crippen MR) is 125 cm³/mol. The molecule has 1 saturated carbocycles. The molecule has 0 N–H and O–H groups in total. The Balaban J connectivity index is 1.59. The van der Waals surface area contributed by atoms with Gasteiger partial charge in [-0.2, -0.15) is 0 Å². The number of para-hydroxylation sites is 1. The van der Waals surface area contributed by atoms with E-state index in [0.717, 1.165) is 4.90 Å². The van der Waals surface area contributed by atoms with E-state index in [1.165, 1.54) is 4.90 Å².